The van der Waals surface area contributed by atoms with Gasteiger partial charge in [0.1, 0.15) is 6.04 Å². The molecule has 3 heterocycles. The Hall–Kier alpha value is -3.68. The van der Waals surface area contributed by atoms with Gasteiger partial charge in [-0.15, -0.1) is 5.10 Å². The monoisotopic (exact) mass is 476 g/mol. The van der Waals surface area contributed by atoms with Crippen LogP contribution in [0.4, 0.5) is 11.6 Å². The maximum absolute atomic E-state index is 13.5. The number of carbonyl (C=O) groups excluding carboxylic acids is 1. The standard InChI is InChI=1S/C24H18Cl2N6O/c1-14-20(23(33)29-17-8-5-11-27-13-17)21(18-10-9-16(25)12-19(18)26)32-24(28-14)30-22(31-32)15-6-3-2-4-7-15/h2-13,21H,1H3,(H,29,33)(H,28,30,31). The summed E-state index contributed by atoms with van der Waals surface area (Å²) in [4.78, 5) is 22.2. The molecule has 1 atom stereocenters. The summed E-state index contributed by atoms with van der Waals surface area (Å²) in [5.74, 6) is 0.752. The van der Waals surface area contributed by atoms with Crippen molar-refractivity contribution in [2.45, 2.75) is 13.0 Å². The smallest absolute Gasteiger partial charge is 0.255 e. The van der Waals surface area contributed by atoms with Gasteiger partial charge in [0.25, 0.3) is 5.91 Å². The van der Waals surface area contributed by atoms with E-state index in [2.05, 4.69) is 20.6 Å². The van der Waals surface area contributed by atoms with E-state index in [1.807, 2.05) is 37.3 Å². The number of hydrogen-bond acceptors (Lipinski definition) is 5. The molecule has 7 nitrogen and oxygen atoms in total. The molecule has 9 heteroatoms. The second-order valence-electron chi connectivity index (χ2n) is 7.50. The molecule has 2 N–H and O–H groups in total. The van der Waals surface area contributed by atoms with E-state index in [0.717, 1.165) is 5.56 Å². The summed E-state index contributed by atoms with van der Waals surface area (Å²) < 4.78 is 1.68. The number of anilines is 2. The highest BCUT2D eigenvalue weighted by Crippen LogP contribution is 2.40. The van der Waals surface area contributed by atoms with E-state index in [9.17, 15) is 4.79 Å². The van der Waals surface area contributed by atoms with E-state index in [1.54, 1.807) is 47.4 Å². The van der Waals surface area contributed by atoms with Gasteiger partial charge in [-0.3, -0.25) is 9.78 Å². The largest absolute Gasteiger partial charge is 0.328 e. The number of halogens is 2. The van der Waals surface area contributed by atoms with Crippen LogP contribution in [0.25, 0.3) is 11.4 Å². The van der Waals surface area contributed by atoms with Gasteiger partial charge in [0.05, 0.1) is 17.5 Å². The third-order valence-corrected chi connectivity index (χ3v) is 5.87. The number of fused-ring (bicyclic) bond motifs is 1. The Bertz CT molecular complexity index is 1370. The van der Waals surface area contributed by atoms with E-state index >= 15 is 0 Å². The van der Waals surface area contributed by atoms with Gasteiger partial charge >= 0.3 is 0 Å². The maximum Gasteiger partial charge on any atom is 0.255 e. The van der Waals surface area contributed by atoms with Gasteiger partial charge in [0.15, 0.2) is 5.82 Å². The summed E-state index contributed by atoms with van der Waals surface area (Å²) in [6, 6.07) is 17.8. The normalized spacial score (nSPS) is 15.1. The third kappa shape index (κ3) is 4.08. The number of nitrogens with zero attached hydrogens (tertiary/aromatic N) is 4. The number of carbonyl (C=O) groups is 1. The molecule has 0 bridgehead atoms. The van der Waals surface area contributed by atoms with Crippen molar-refractivity contribution in [2.24, 2.45) is 0 Å². The van der Waals surface area contributed by atoms with E-state index in [4.69, 9.17) is 28.3 Å². The van der Waals surface area contributed by atoms with Crippen molar-refractivity contribution >= 4 is 40.7 Å². The van der Waals surface area contributed by atoms with Crippen molar-refractivity contribution in [2.75, 3.05) is 10.6 Å². The van der Waals surface area contributed by atoms with Crippen LogP contribution in [0.1, 0.15) is 18.5 Å². The van der Waals surface area contributed by atoms with Crippen molar-refractivity contribution in [3.05, 3.63) is 99.9 Å². The fourth-order valence-electron chi connectivity index (χ4n) is 3.80. The summed E-state index contributed by atoms with van der Waals surface area (Å²) in [5, 5.41) is 11.8. The number of amides is 1. The first-order valence-electron chi connectivity index (χ1n) is 10.2. The summed E-state index contributed by atoms with van der Waals surface area (Å²) in [5.41, 5.74) is 3.23. The molecule has 0 aliphatic carbocycles. The quantitative estimate of drug-likeness (QED) is 0.401. The number of aromatic nitrogens is 4. The van der Waals surface area contributed by atoms with Gasteiger partial charge < -0.3 is 10.6 Å². The topological polar surface area (TPSA) is 84.7 Å². The molecule has 0 fully saturated rings. The molecular formula is C24H18Cl2N6O. The maximum atomic E-state index is 13.5. The lowest BCUT2D eigenvalue weighted by Gasteiger charge is -2.29. The second-order valence-corrected chi connectivity index (χ2v) is 8.34. The molecule has 2 aromatic carbocycles. The Kier molecular flexibility index (Phi) is 5.58. The zero-order valence-electron chi connectivity index (χ0n) is 17.5. The predicted octanol–water partition coefficient (Wildman–Crippen LogP) is 5.57. The number of benzene rings is 2. The summed E-state index contributed by atoms with van der Waals surface area (Å²) in [6.45, 7) is 1.83. The molecule has 0 radical (unpaired) electrons. The highest BCUT2D eigenvalue weighted by atomic mass is 35.5. The van der Waals surface area contributed by atoms with Crippen LogP contribution in [0.15, 0.2) is 84.3 Å². The molecule has 1 aliphatic rings. The van der Waals surface area contributed by atoms with Crippen LogP contribution >= 0.6 is 23.2 Å². The van der Waals surface area contributed by atoms with Crippen LogP contribution < -0.4 is 10.6 Å². The van der Waals surface area contributed by atoms with Crippen LogP contribution in [0.3, 0.4) is 0 Å². The Morgan fingerprint density at radius 2 is 1.91 bits per heavy atom. The minimum Gasteiger partial charge on any atom is -0.328 e. The molecule has 164 valence electrons. The van der Waals surface area contributed by atoms with Crippen molar-refractivity contribution in [1.29, 1.82) is 0 Å². The van der Waals surface area contributed by atoms with Crippen LogP contribution in [-0.4, -0.2) is 25.7 Å². The Morgan fingerprint density at radius 1 is 1.09 bits per heavy atom. The Labute approximate surface area is 200 Å². The summed E-state index contributed by atoms with van der Waals surface area (Å²) in [6.07, 6.45) is 3.23. The molecule has 1 aliphatic heterocycles. The fraction of sp³-hybridized carbons (Fsp3) is 0.0833. The molecule has 5 rings (SSSR count). The van der Waals surface area contributed by atoms with Gasteiger partial charge in [0, 0.05) is 33.1 Å². The van der Waals surface area contributed by atoms with E-state index < -0.39 is 6.04 Å². The average Bonchev–Trinajstić information content (AvgIpc) is 3.23. The van der Waals surface area contributed by atoms with Crippen molar-refractivity contribution in [3.63, 3.8) is 0 Å². The lowest BCUT2D eigenvalue weighted by atomic mass is 9.95. The highest BCUT2D eigenvalue weighted by Gasteiger charge is 2.35. The van der Waals surface area contributed by atoms with E-state index in [-0.39, 0.29) is 5.91 Å². The third-order valence-electron chi connectivity index (χ3n) is 5.31. The minimum atomic E-state index is -0.618. The molecule has 0 spiro atoms. The molecule has 0 saturated heterocycles. The second kappa shape index (κ2) is 8.69. The predicted molar refractivity (Wildman–Crippen MR) is 129 cm³/mol. The van der Waals surface area contributed by atoms with Gasteiger partial charge in [-0.05, 0) is 31.2 Å². The minimum absolute atomic E-state index is 0.300. The Balaban J connectivity index is 1.64. The summed E-state index contributed by atoms with van der Waals surface area (Å²) >= 11 is 12.7. The molecule has 0 saturated carbocycles. The Morgan fingerprint density at radius 3 is 2.64 bits per heavy atom. The van der Waals surface area contributed by atoms with Crippen LogP contribution in [0, 0.1) is 0 Å². The average molecular weight is 477 g/mol. The first-order chi connectivity index (χ1) is 16.0. The number of pyridine rings is 1. The lowest BCUT2D eigenvalue weighted by Crippen LogP contribution is -2.31. The zero-order chi connectivity index (χ0) is 22.9. The number of allylic oxidation sites excluding steroid dienone is 1. The molecule has 1 unspecified atom stereocenters. The number of hydrogen-bond donors (Lipinski definition) is 2. The highest BCUT2D eigenvalue weighted by molar-refractivity contribution is 6.35. The molecule has 2 aromatic heterocycles. The van der Waals surface area contributed by atoms with Gasteiger partial charge in [-0.25, -0.2) is 4.68 Å². The van der Waals surface area contributed by atoms with Crippen LogP contribution in [-0.2, 0) is 4.79 Å². The van der Waals surface area contributed by atoms with Crippen LogP contribution in [0.5, 0.6) is 0 Å². The molecule has 4 aromatic rings. The number of rotatable bonds is 4. The van der Waals surface area contributed by atoms with Gasteiger partial charge in [-0.1, -0.05) is 59.6 Å². The lowest BCUT2D eigenvalue weighted by molar-refractivity contribution is -0.113. The van der Waals surface area contributed by atoms with Gasteiger partial charge in [-0.2, -0.15) is 4.98 Å². The molecule has 1 amide bonds. The molecular weight excluding hydrogens is 459 g/mol. The van der Waals surface area contributed by atoms with Gasteiger partial charge in [0.2, 0.25) is 5.95 Å². The fourth-order valence-corrected chi connectivity index (χ4v) is 4.31. The first kappa shape index (κ1) is 21.2. The summed E-state index contributed by atoms with van der Waals surface area (Å²) in [7, 11) is 0. The molecule has 33 heavy (non-hydrogen) atoms. The SMILES string of the molecule is CC1=C(C(=O)Nc2cccnc2)C(c2ccc(Cl)cc2Cl)n2nc(-c3ccccc3)nc2N1. The van der Waals surface area contributed by atoms with Crippen molar-refractivity contribution in [1.82, 2.24) is 19.7 Å². The first-order valence-corrected chi connectivity index (χ1v) is 10.9. The van der Waals surface area contributed by atoms with Crippen LogP contribution in [0.2, 0.25) is 10.0 Å². The van der Waals surface area contributed by atoms with E-state index in [1.165, 1.54) is 0 Å². The van der Waals surface area contributed by atoms with Crippen molar-refractivity contribution in [3.8, 4) is 11.4 Å². The van der Waals surface area contributed by atoms with E-state index in [0.29, 0.717) is 44.3 Å². The van der Waals surface area contributed by atoms with Crippen molar-refractivity contribution < 1.29 is 4.79 Å². The number of nitrogens with one attached hydrogen (secondary N) is 2. The zero-order valence-corrected chi connectivity index (χ0v) is 19.0.